The zero-order valence-corrected chi connectivity index (χ0v) is 20.4. The van der Waals surface area contributed by atoms with Gasteiger partial charge in [0.15, 0.2) is 5.96 Å². The first-order chi connectivity index (χ1) is 16.6. The second-order valence-corrected chi connectivity index (χ2v) is 9.59. The number of methoxy groups -OCH3 is 1. The first-order valence-electron chi connectivity index (χ1n) is 10.9. The third-order valence-corrected chi connectivity index (χ3v) is 7.46. The van der Waals surface area contributed by atoms with E-state index in [1.165, 1.54) is 41.7 Å². The molecular weight excluding hydrogens is 470 g/mol. The largest absolute Gasteiger partial charge is 0.378 e. The van der Waals surface area contributed by atoms with Crippen molar-refractivity contribution in [3.8, 4) is 11.1 Å². The summed E-state index contributed by atoms with van der Waals surface area (Å²) in [4.78, 5) is 20.3. The van der Waals surface area contributed by atoms with Gasteiger partial charge in [-0.3, -0.25) is 9.69 Å². The van der Waals surface area contributed by atoms with Crippen molar-refractivity contribution in [2.24, 2.45) is 10.7 Å². The van der Waals surface area contributed by atoms with E-state index in [0.29, 0.717) is 5.56 Å². The molecule has 6 nitrogen and oxygen atoms in total. The Morgan fingerprint density at radius 1 is 1.23 bits per heavy atom. The van der Waals surface area contributed by atoms with E-state index in [9.17, 15) is 13.6 Å². The highest BCUT2D eigenvalue weighted by Gasteiger charge is 2.48. The molecule has 3 aromatic rings. The van der Waals surface area contributed by atoms with Gasteiger partial charge in [-0.1, -0.05) is 42.5 Å². The minimum absolute atomic E-state index is 0.0951. The van der Waals surface area contributed by atoms with E-state index in [-0.39, 0.29) is 17.4 Å². The number of thiophene rings is 1. The van der Waals surface area contributed by atoms with Gasteiger partial charge < -0.3 is 15.9 Å². The summed E-state index contributed by atoms with van der Waals surface area (Å²) in [5.74, 6) is -4.07. The number of carbonyl (C=O) groups excluding carboxylic acids is 1. The zero-order valence-electron chi connectivity index (χ0n) is 19.6. The number of alkyl halides is 2. The van der Waals surface area contributed by atoms with Gasteiger partial charge in [0.1, 0.15) is 12.1 Å². The van der Waals surface area contributed by atoms with Crippen LogP contribution in [0.15, 0.2) is 65.0 Å². The maximum absolute atomic E-state index is 14.3. The Bertz CT molecular complexity index is 1290. The maximum Gasteiger partial charge on any atom is 0.296 e. The lowest BCUT2D eigenvalue weighted by Crippen LogP contribution is -2.52. The Labute approximate surface area is 206 Å². The summed E-state index contributed by atoms with van der Waals surface area (Å²) in [5, 5.41) is 9.49. The zero-order chi connectivity index (χ0) is 25.4. The van der Waals surface area contributed by atoms with Gasteiger partial charge in [0, 0.05) is 30.8 Å². The number of nitrogens with one attached hydrogen (secondary N) is 1. The van der Waals surface area contributed by atoms with Gasteiger partial charge in [0.25, 0.3) is 5.92 Å². The molecule has 0 unspecified atom stereocenters. The molecule has 0 bridgehead atoms. The van der Waals surface area contributed by atoms with E-state index < -0.39 is 24.0 Å². The van der Waals surface area contributed by atoms with E-state index >= 15 is 0 Å². The summed E-state index contributed by atoms with van der Waals surface area (Å²) >= 11 is 1.45. The molecule has 35 heavy (non-hydrogen) atoms. The fourth-order valence-corrected chi connectivity index (χ4v) is 5.39. The average Bonchev–Trinajstić information content (AvgIpc) is 3.34. The van der Waals surface area contributed by atoms with E-state index in [4.69, 9.17) is 16.1 Å². The van der Waals surface area contributed by atoms with Crippen molar-refractivity contribution in [2.75, 3.05) is 20.8 Å². The Morgan fingerprint density at radius 3 is 2.60 bits per heavy atom. The van der Waals surface area contributed by atoms with Crippen LogP contribution in [0, 0.1) is 5.41 Å². The molecule has 3 N–H and O–H groups in total. The number of benzene rings is 2. The molecule has 0 aliphatic carbocycles. The predicted octanol–water partition coefficient (Wildman–Crippen LogP) is 4.94. The van der Waals surface area contributed by atoms with Gasteiger partial charge >= 0.3 is 0 Å². The van der Waals surface area contributed by atoms with Crippen molar-refractivity contribution >= 4 is 29.4 Å². The number of rotatable bonds is 7. The number of ether oxygens (including phenoxy) is 1. The number of halogens is 2. The smallest absolute Gasteiger partial charge is 0.296 e. The van der Waals surface area contributed by atoms with Crippen molar-refractivity contribution in [1.82, 2.24) is 4.90 Å². The van der Waals surface area contributed by atoms with E-state index in [0.717, 1.165) is 21.6 Å². The fourth-order valence-electron chi connectivity index (χ4n) is 4.33. The van der Waals surface area contributed by atoms with E-state index in [1.54, 1.807) is 19.2 Å². The third kappa shape index (κ3) is 4.49. The van der Waals surface area contributed by atoms with Crippen LogP contribution in [0.4, 0.5) is 8.78 Å². The van der Waals surface area contributed by atoms with Crippen molar-refractivity contribution in [1.29, 1.82) is 5.41 Å². The van der Waals surface area contributed by atoms with Crippen LogP contribution in [0.2, 0.25) is 0 Å². The Balaban J connectivity index is 1.78. The highest BCUT2D eigenvalue weighted by atomic mass is 32.1. The molecule has 1 aliphatic heterocycles. The molecule has 0 radical (unpaired) electrons. The molecule has 0 saturated carbocycles. The number of likely N-dealkylation sites (N-methyl/N-ethyl adjacent to an activating group) is 1. The average molecular weight is 497 g/mol. The van der Waals surface area contributed by atoms with E-state index in [1.807, 2.05) is 42.6 Å². The SMILES string of the molecule is COCC(F)(F)c1ccc([C@H]2C(=O)N(C)C(N)=N[C@]2(C)c2cc(-c3cccc(C=N)c3)cs2)cc1. The molecule has 0 spiro atoms. The monoisotopic (exact) mass is 496 g/mol. The summed E-state index contributed by atoms with van der Waals surface area (Å²) in [6.07, 6.45) is 1.29. The minimum atomic E-state index is -3.14. The van der Waals surface area contributed by atoms with Gasteiger partial charge in [-0.05, 0) is 46.7 Å². The van der Waals surface area contributed by atoms with Crippen LogP contribution in [0.3, 0.4) is 0 Å². The molecule has 9 heteroatoms. The number of carbonyl (C=O) groups is 1. The molecule has 1 amide bonds. The quantitative estimate of drug-likeness (QED) is 0.454. The highest BCUT2D eigenvalue weighted by molar-refractivity contribution is 7.10. The number of hydrogen-bond acceptors (Lipinski definition) is 6. The normalized spacial score (nSPS) is 20.6. The predicted molar refractivity (Wildman–Crippen MR) is 134 cm³/mol. The van der Waals surface area contributed by atoms with Crippen LogP contribution in [0.5, 0.6) is 0 Å². The second kappa shape index (κ2) is 9.31. The molecule has 2 atom stereocenters. The van der Waals surface area contributed by atoms with Crippen LogP contribution < -0.4 is 5.73 Å². The van der Waals surface area contributed by atoms with Gasteiger partial charge in [-0.25, -0.2) is 4.99 Å². The van der Waals surface area contributed by atoms with Crippen LogP contribution in [-0.2, 0) is 21.0 Å². The first kappa shape index (κ1) is 24.7. The second-order valence-electron chi connectivity index (χ2n) is 8.68. The van der Waals surface area contributed by atoms with Gasteiger partial charge in [0.2, 0.25) is 5.91 Å². The lowest BCUT2D eigenvalue weighted by Gasteiger charge is -2.40. The molecule has 2 heterocycles. The summed E-state index contributed by atoms with van der Waals surface area (Å²) < 4.78 is 33.3. The van der Waals surface area contributed by atoms with E-state index in [2.05, 4.69) is 4.74 Å². The topological polar surface area (TPSA) is 91.8 Å². The summed E-state index contributed by atoms with van der Waals surface area (Å²) in [7, 11) is 2.78. The molecule has 2 aromatic carbocycles. The lowest BCUT2D eigenvalue weighted by atomic mass is 9.77. The summed E-state index contributed by atoms with van der Waals surface area (Å²) in [6.45, 7) is 1.11. The van der Waals surface area contributed by atoms with Gasteiger partial charge in [0.05, 0.1) is 5.92 Å². The van der Waals surface area contributed by atoms with Gasteiger partial charge in [-0.15, -0.1) is 11.3 Å². The maximum atomic E-state index is 14.3. The third-order valence-electron chi connectivity index (χ3n) is 6.31. The number of guanidine groups is 1. The Hall–Kier alpha value is -3.43. The molecule has 182 valence electrons. The number of nitrogens with two attached hydrogens (primary N) is 1. The van der Waals surface area contributed by atoms with Crippen LogP contribution in [0.1, 0.15) is 34.4 Å². The molecule has 0 fully saturated rings. The molecule has 4 rings (SSSR count). The number of nitrogens with zero attached hydrogens (tertiary/aromatic N) is 2. The van der Waals surface area contributed by atoms with Crippen molar-refractivity contribution in [2.45, 2.75) is 24.3 Å². The van der Waals surface area contributed by atoms with Crippen LogP contribution in [-0.4, -0.2) is 43.7 Å². The number of hydrogen-bond donors (Lipinski definition) is 2. The summed E-state index contributed by atoms with van der Waals surface area (Å²) in [6, 6.07) is 15.3. The molecular formula is C26H26F2N4O2S. The minimum Gasteiger partial charge on any atom is -0.378 e. The Morgan fingerprint density at radius 2 is 1.94 bits per heavy atom. The molecule has 0 saturated heterocycles. The molecule has 1 aromatic heterocycles. The first-order valence-corrected chi connectivity index (χ1v) is 11.8. The number of amides is 1. The summed E-state index contributed by atoms with van der Waals surface area (Å²) in [5.41, 5.74) is 8.11. The number of aliphatic imine (C=N–C) groups is 1. The van der Waals surface area contributed by atoms with Crippen molar-refractivity contribution in [3.63, 3.8) is 0 Å². The fraction of sp³-hybridized carbons (Fsp3) is 0.269. The highest BCUT2D eigenvalue weighted by Crippen LogP contribution is 2.47. The van der Waals surface area contributed by atoms with Crippen molar-refractivity contribution < 1.29 is 18.3 Å². The lowest BCUT2D eigenvalue weighted by molar-refractivity contribution is -0.130. The standard InChI is InChI=1S/C26H26F2N4O2S/c1-25(21-12-19(14-35-21)18-6-4-5-16(11-18)13-29)22(23(33)32(2)24(30)31-25)17-7-9-20(10-8-17)26(27,28)15-34-3/h4-14,22,29H,15H2,1-3H3,(H2,30,31)/t22-,25+/m0/s1. The molecule has 1 aliphatic rings. The van der Waals surface area contributed by atoms with Crippen LogP contribution in [0.25, 0.3) is 11.1 Å². The Kier molecular flexibility index (Phi) is 6.57. The van der Waals surface area contributed by atoms with Crippen LogP contribution >= 0.6 is 11.3 Å². The van der Waals surface area contributed by atoms with Crippen molar-refractivity contribution in [3.05, 3.63) is 81.5 Å². The van der Waals surface area contributed by atoms with Gasteiger partial charge in [-0.2, -0.15) is 8.78 Å².